The van der Waals surface area contributed by atoms with Gasteiger partial charge in [-0.1, -0.05) is 13.3 Å². The number of unbranched alkanes of at least 4 members (excludes halogenated alkanes) is 1. The van der Waals surface area contributed by atoms with Gasteiger partial charge in [0.25, 0.3) is 0 Å². The molecule has 96 valence electrons. The van der Waals surface area contributed by atoms with Crippen LogP contribution in [-0.4, -0.2) is 51.3 Å². The molecule has 0 aliphatic heterocycles. The van der Waals surface area contributed by atoms with E-state index in [2.05, 4.69) is 24.2 Å². The largest absolute Gasteiger partial charge is 0.381 e. The van der Waals surface area contributed by atoms with E-state index in [-0.39, 0.29) is 0 Å². The second-order valence-electron chi connectivity index (χ2n) is 3.95. The number of aliphatic imine (C=N–C) groups is 1. The van der Waals surface area contributed by atoms with Crippen molar-refractivity contribution in [3.8, 4) is 0 Å². The van der Waals surface area contributed by atoms with Crippen molar-refractivity contribution in [2.75, 3.05) is 40.4 Å². The third kappa shape index (κ3) is 8.53. The zero-order valence-corrected chi connectivity index (χ0v) is 11.3. The minimum absolute atomic E-state index is 0.816. The van der Waals surface area contributed by atoms with Crippen molar-refractivity contribution < 1.29 is 4.74 Å². The lowest BCUT2D eigenvalue weighted by Gasteiger charge is -2.16. The van der Waals surface area contributed by atoms with Crippen LogP contribution in [0.1, 0.15) is 33.1 Å². The lowest BCUT2D eigenvalue weighted by atomic mass is 10.4. The Morgan fingerprint density at radius 3 is 2.44 bits per heavy atom. The number of nitrogens with one attached hydrogen (secondary N) is 1. The lowest BCUT2D eigenvalue weighted by Crippen LogP contribution is -2.36. The molecule has 0 saturated heterocycles. The zero-order valence-electron chi connectivity index (χ0n) is 11.3. The Kier molecular flexibility index (Phi) is 10.2. The number of rotatable bonds is 8. The van der Waals surface area contributed by atoms with Gasteiger partial charge in [0, 0.05) is 40.4 Å². The zero-order chi connectivity index (χ0) is 12.2. The fourth-order valence-corrected chi connectivity index (χ4v) is 1.21. The van der Waals surface area contributed by atoms with Gasteiger partial charge in [-0.05, 0) is 19.8 Å². The van der Waals surface area contributed by atoms with Gasteiger partial charge in [0.2, 0.25) is 0 Å². The van der Waals surface area contributed by atoms with E-state index in [1.165, 1.54) is 6.42 Å². The van der Waals surface area contributed by atoms with E-state index in [1.54, 1.807) is 0 Å². The first-order valence-corrected chi connectivity index (χ1v) is 6.25. The molecule has 0 atom stereocenters. The van der Waals surface area contributed by atoms with E-state index in [0.717, 1.165) is 45.1 Å². The molecule has 1 N–H and O–H groups in total. The van der Waals surface area contributed by atoms with Gasteiger partial charge in [0.1, 0.15) is 0 Å². The van der Waals surface area contributed by atoms with Gasteiger partial charge in [0.05, 0.1) is 0 Å². The lowest BCUT2D eigenvalue weighted by molar-refractivity contribution is 0.130. The van der Waals surface area contributed by atoms with E-state index in [4.69, 9.17) is 4.74 Å². The summed E-state index contributed by atoms with van der Waals surface area (Å²) in [6.45, 7) is 7.68. The maximum absolute atomic E-state index is 5.47. The number of ether oxygens (including phenoxy) is 1. The normalized spacial score (nSPS) is 11.6. The minimum Gasteiger partial charge on any atom is -0.381 e. The highest BCUT2D eigenvalue weighted by Crippen LogP contribution is 1.91. The Bertz CT molecular complexity index is 181. The highest BCUT2D eigenvalue weighted by atomic mass is 16.5. The summed E-state index contributed by atoms with van der Waals surface area (Å²) >= 11 is 0. The summed E-state index contributed by atoms with van der Waals surface area (Å²) in [6.07, 6.45) is 3.35. The van der Waals surface area contributed by atoms with Crippen LogP contribution in [0.15, 0.2) is 4.99 Å². The molecule has 0 aromatic carbocycles. The van der Waals surface area contributed by atoms with Crippen LogP contribution in [0.5, 0.6) is 0 Å². The highest BCUT2D eigenvalue weighted by molar-refractivity contribution is 5.79. The first kappa shape index (κ1) is 15.2. The first-order valence-electron chi connectivity index (χ1n) is 6.25. The molecule has 0 aliphatic carbocycles. The Morgan fingerprint density at radius 1 is 1.19 bits per heavy atom. The number of hydrogen-bond acceptors (Lipinski definition) is 2. The Labute approximate surface area is 100 Å². The topological polar surface area (TPSA) is 36.9 Å². The third-order valence-electron chi connectivity index (χ3n) is 2.11. The van der Waals surface area contributed by atoms with E-state index in [1.807, 2.05) is 19.0 Å². The van der Waals surface area contributed by atoms with Crippen LogP contribution in [0, 0.1) is 0 Å². The van der Waals surface area contributed by atoms with Crippen molar-refractivity contribution >= 4 is 5.96 Å². The second-order valence-corrected chi connectivity index (χ2v) is 3.95. The van der Waals surface area contributed by atoms with Gasteiger partial charge in [-0.15, -0.1) is 0 Å². The minimum atomic E-state index is 0.816. The Balaban J connectivity index is 3.54. The molecule has 4 nitrogen and oxygen atoms in total. The molecule has 0 amide bonds. The SMILES string of the molecule is CCCCOCCCN=C(NCC)N(C)C. The average Bonchev–Trinajstić information content (AvgIpc) is 2.26. The van der Waals surface area contributed by atoms with Crippen molar-refractivity contribution in [3.63, 3.8) is 0 Å². The summed E-state index contributed by atoms with van der Waals surface area (Å²) in [6, 6.07) is 0. The van der Waals surface area contributed by atoms with Gasteiger partial charge in [0.15, 0.2) is 5.96 Å². The van der Waals surface area contributed by atoms with Crippen molar-refractivity contribution in [1.82, 2.24) is 10.2 Å². The molecule has 0 aromatic heterocycles. The molecule has 0 aromatic rings. The molecule has 0 bridgehead atoms. The maximum atomic E-state index is 5.47. The molecule has 0 heterocycles. The second kappa shape index (κ2) is 10.7. The van der Waals surface area contributed by atoms with Crippen LogP contribution in [0.3, 0.4) is 0 Å². The number of nitrogens with zero attached hydrogens (tertiary/aromatic N) is 2. The average molecular weight is 229 g/mol. The fourth-order valence-electron chi connectivity index (χ4n) is 1.21. The monoisotopic (exact) mass is 229 g/mol. The quantitative estimate of drug-likeness (QED) is 0.391. The van der Waals surface area contributed by atoms with Crippen LogP contribution < -0.4 is 5.32 Å². The van der Waals surface area contributed by atoms with Crippen molar-refractivity contribution in [2.45, 2.75) is 33.1 Å². The standard InChI is InChI=1S/C12H27N3O/c1-5-7-10-16-11-8-9-14-12(13-6-2)15(3)4/h5-11H2,1-4H3,(H,13,14). The molecule has 0 spiro atoms. The van der Waals surface area contributed by atoms with Crippen LogP contribution in [0.25, 0.3) is 0 Å². The van der Waals surface area contributed by atoms with E-state index in [9.17, 15) is 0 Å². The summed E-state index contributed by atoms with van der Waals surface area (Å²) in [4.78, 5) is 6.48. The van der Waals surface area contributed by atoms with Crippen LogP contribution in [0.4, 0.5) is 0 Å². The molecule has 0 fully saturated rings. The maximum Gasteiger partial charge on any atom is 0.193 e. The van der Waals surface area contributed by atoms with Gasteiger partial charge in [-0.25, -0.2) is 0 Å². The number of hydrogen-bond donors (Lipinski definition) is 1. The summed E-state index contributed by atoms with van der Waals surface area (Å²) in [7, 11) is 4.00. The van der Waals surface area contributed by atoms with E-state index in [0.29, 0.717) is 0 Å². The Morgan fingerprint density at radius 2 is 1.88 bits per heavy atom. The smallest absolute Gasteiger partial charge is 0.193 e. The molecule has 16 heavy (non-hydrogen) atoms. The van der Waals surface area contributed by atoms with Crippen molar-refractivity contribution in [2.24, 2.45) is 4.99 Å². The highest BCUT2D eigenvalue weighted by Gasteiger charge is 1.97. The molecular weight excluding hydrogens is 202 g/mol. The first-order chi connectivity index (χ1) is 7.72. The van der Waals surface area contributed by atoms with E-state index < -0.39 is 0 Å². The summed E-state index contributed by atoms with van der Waals surface area (Å²) in [5.74, 6) is 0.955. The number of guanidine groups is 1. The predicted octanol–water partition coefficient (Wildman–Crippen LogP) is 1.72. The van der Waals surface area contributed by atoms with Gasteiger partial charge >= 0.3 is 0 Å². The summed E-state index contributed by atoms with van der Waals surface area (Å²) in [5, 5.41) is 3.23. The Hall–Kier alpha value is -0.770. The molecule has 4 heteroatoms. The molecule has 0 radical (unpaired) electrons. The predicted molar refractivity (Wildman–Crippen MR) is 70.0 cm³/mol. The van der Waals surface area contributed by atoms with Gasteiger partial charge in [-0.2, -0.15) is 0 Å². The van der Waals surface area contributed by atoms with Crippen LogP contribution >= 0.6 is 0 Å². The summed E-state index contributed by atoms with van der Waals surface area (Å²) < 4.78 is 5.47. The molecular formula is C12H27N3O. The van der Waals surface area contributed by atoms with Crippen molar-refractivity contribution in [3.05, 3.63) is 0 Å². The van der Waals surface area contributed by atoms with Crippen molar-refractivity contribution in [1.29, 1.82) is 0 Å². The van der Waals surface area contributed by atoms with Gasteiger partial charge < -0.3 is 15.0 Å². The van der Waals surface area contributed by atoms with Crippen LogP contribution in [0.2, 0.25) is 0 Å². The summed E-state index contributed by atoms with van der Waals surface area (Å²) in [5.41, 5.74) is 0. The van der Waals surface area contributed by atoms with Gasteiger partial charge in [-0.3, -0.25) is 4.99 Å². The molecule has 0 saturated carbocycles. The molecule has 0 rings (SSSR count). The molecule has 0 aliphatic rings. The third-order valence-corrected chi connectivity index (χ3v) is 2.11. The fraction of sp³-hybridized carbons (Fsp3) is 0.917. The van der Waals surface area contributed by atoms with Crippen LogP contribution in [-0.2, 0) is 4.74 Å². The van der Waals surface area contributed by atoms with E-state index >= 15 is 0 Å². The molecule has 0 unspecified atom stereocenters.